The van der Waals surface area contributed by atoms with Gasteiger partial charge in [0.2, 0.25) is 5.91 Å². The zero-order valence-electron chi connectivity index (χ0n) is 14.6. The van der Waals surface area contributed by atoms with E-state index in [1.54, 1.807) is 29.2 Å². The molecule has 0 fully saturated rings. The first-order valence-corrected chi connectivity index (χ1v) is 8.57. The van der Waals surface area contributed by atoms with Crippen molar-refractivity contribution in [3.8, 4) is 0 Å². The maximum absolute atomic E-state index is 12.7. The second-order valence-corrected chi connectivity index (χ2v) is 6.37. The van der Waals surface area contributed by atoms with Gasteiger partial charge >= 0.3 is 0 Å². The lowest BCUT2D eigenvalue weighted by atomic mass is 10.1. The summed E-state index contributed by atoms with van der Waals surface area (Å²) in [6, 6.07) is 17.2. The highest BCUT2D eigenvalue weighted by atomic mass is 16.2. The smallest absolute Gasteiger partial charge is 0.251 e. The van der Waals surface area contributed by atoms with Crippen LogP contribution in [0, 0.1) is 0 Å². The van der Waals surface area contributed by atoms with Gasteiger partial charge in [0.25, 0.3) is 5.91 Å². The van der Waals surface area contributed by atoms with Crippen LogP contribution >= 0.6 is 0 Å². The van der Waals surface area contributed by atoms with Crippen LogP contribution < -0.4 is 15.1 Å². The standard InChI is InChI=1S/C20H23N3O2/c1-15(2)22-12-13-23(18-11-7-6-10-17(18)22)19(24)14-21-20(25)16-8-4-3-5-9-16/h3-11,15H,12-14H2,1-2H3,(H,21,25). The fraction of sp³-hybridized carbons (Fsp3) is 0.300. The van der Waals surface area contributed by atoms with Gasteiger partial charge in [0.15, 0.2) is 0 Å². The first kappa shape index (κ1) is 17.0. The molecule has 2 aromatic rings. The maximum atomic E-state index is 12.7. The van der Waals surface area contributed by atoms with E-state index in [1.807, 2.05) is 30.3 Å². The molecule has 2 aromatic carbocycles. The van der Waals surface area contributed by atoms with Crippen molar-refractivity contribution in [2.45, 2.75) is 19.9 Å². The molecule has 0 aliphatic carbocycles. The highest BCUT2D eigenvalue weighted by Crippen LogP contribution is 2.33. The number of nitrogens with one attached hydrogen (secondary N) is 1. The number of benzene rings is 2. The highest BCUT2D eigenvalue weighted by molar-refractivity contribution is 6.02. The number of carbonyl (C=O) groups is 2. The van der Waals surface area contributed by atoms with Crippen LogP contribution in [0.25, 0.3) is 0 Å². The lowest BCUT2D eigenvalue weighted by Gasteiger charge is -2.40. The second kappa shape index (κ2) is 7.38. The number of anilines is 2. The summed E-state index contributed by atoms with van der Waals surface area (Å²) in [4.78, 5) is 28.9. The Balaban J connectivity index is 1.70. The number of rotatable bonds is 4. The lowest BCUT2D eigenvalue weighted by molar-refractivity contribution is -0.117. The maximum Gasteiger partial charge on any atom is 0.251 e. The Kier molecular flexibility index (Phi) is 5.03. The Morgan fingerprint density at radius 2 is 1.60 bits per heavy atom. The van der Waals surface area contributed by atoms with Crippen LogP contribution in [0.1, 0.15) is 24.2 Å². The minimum absolute atomic E-state index is 0.0102. The van der Waals surface area contributed by atoms with E-state index in [0.717, 1.165) is 17.9 Å². The zero-order chi connectivity index (χ0) is 17.8. The zero-order valence-corrected chi connectivity index (χ0v) is 14.6. The van der Waals surface area contributed by atoms with Crippen molar-refractivity contribution in [1.82, 2.24) is 5.32 Å². The number of fused-ring (bicyclic) bond motifs is 1. The van der Waals surface area contributed by atoms with Crippen molar-refractivity contribution < 1.29 is 9.59 Å². The molecule has 1 N–H and O–H groups in total. The highest BCUT2D eigenvalue weighted by Gasteiger charge is 2.27. The van der Waals surface area contributed by atoms with Crippen LogP contribution in [0.2, 0.25) is 0 Å². The largest absolute Gasteiger partial charge is 0.366 e. The Morgan fingerprint density at radius 3 is 2.28 bits per heavy atom. The molecule has 1 aliphatic rings. The van der Waals surface area contributed by atoms with Crippen molar-refractivity contribution >= 4 is 23.2 Å². The fourth-order valence-corrected chi connectivity index (χ4v) is 3.12. The summed E-state index contributed by atoms with van der Waals surface area (Å²) in [5.74, 6) is -0.330. The molecule has 0 saturated carbocycles. The van der Waals surface area contributed by atoms with E-state index < -0.39 is 0 Å². The number of hydrogen-bond acceptors (Lipinski definition) is 3. The van der Waals surface area contributed by atoms with E-state index in [9.17, 15) is 9.59 Å². The van der Waals surface area contributed by atoms with E-state index >= 15 is 0 Å². The predicted molar refractivity (Wildman–Crippen MR) is 100 cm³/mol. The van der Waals surface area contributed by atoms with Crippen molar-refractivity contribution in [1.29, 1.82) is 0 Å². The molecular weight excluding hydrogens is 314 g/mol. The van der Waals surface area contributed by atoms with E-state index in [0.29, 0.717) is 18.2 Å². The average Bonchev–Trinajstić information content (AvgIpc) is 2.65. The summed E-state index contributed by atoms with van der Waals surface area (Å²) >= 11 is 0. The van der Waals surface area contributed by atoms with Gasteiger partial charge in [-0.15, -0.1) is 0 Å². The van der Waals surface area contributed by atoms with Gasteiger partial charge in [-0.3, -0.25) is 9.59 Å². The number of amides is 2. The normalized spacial score (nSPS) is 13.6. The Hall–Kier alpha value is -2.82. The SMILES string of the molecule is CC(C)N1CCN(C(=O)CNC(=O)c2ccccc2)c2ccccc21. The van der Waals surface area contributed by atoms with Gasteiger partial charge in [-0.2, -0.15) is 0 Å². The van der Waals surface area contributed by atoms with Crippen LogP contribution in [0.5, 0.6) is 0 Å². The summed E-state index contributed by atoms with van der Waals surface area (Å²) in [6.45, 7) is 5.69. The third-order valence-corrected chi connectivity index (χ3v) is 4.41. The summed E-state index contributed by atoms with van der Waals surface area (Å²) in [5, 5.41) is 2.72. The van der Waals surface area contributed by atoms with Crippen molar-refractivity contribution in [3.63, 3.8) is 0 Å². The van der Waals surface area contributed by atoms with Gasteiger partial charge in [0, 0.05) is 24.7 Å². The van der Waals surface area contributed by atoms with E-state index in [-0.39, 0.29) is 18.4 Å². The molecule has 0 atom stereocenters. The Morgan fingerprint density at radius 1 is 0.960 bits per heavy atom. The van der Waals surface area contributed by atoms with Gasteiger partial charge in [0.05, 0.1) is 17.9 Å². The van der Waals surface area contributed by atoms with Crippen LogP contribution in [0.4, 0.5) is 11.4 Å². The Bertz CT molecular complexity index is 759. The number of carbonyl (C=O) groups excluding carboxylic acids is 2. The summed E-state index contributed by atoms with van der Waals surface area (Å²) in [6.07, 6.45) is 0. The molecular formula is C20H23N3O2. The van der Waals surface area contributed by atoms with Gasteiger partial charge in [-0.1, -0.05) is 30.3 Å². The Labute approximate surface area is 148 Å². The third-order valence-electron chi connectivity index (χ3n) is 4.41. The molecule has 1 heterocycles. The molecule has 5 heteroatoms. The monoisotopic (exact) mass is 337 g/mol. The summed E-state index contributed by atoms with van der Waals surface area (Å²) in [7, 11) is 0. The van der Waals surface area contributed by atoms with Crippen molar-refractivity contribution in [3.05, 3.63) is 60.2 Å². The molecule has 0 bridgehead atoms. The molecule has 5 nitrogen and oxygen atoms in total. The molecule has 1 aliphatic heterocycles. The second-order valence-electron chi connectivity index (χ2n) is 6.37. The molecule has 25 heavy (non-hydrogen) atoms. The molecule has 3 rings (SSSR count). The van der Waals surface area contributed by atoms with Crippen LogP contribution in [-0.2, 0) is 4.79 Å². The fourth-order valence-electron chi connectivity index (χ4n) is 3.12. The molecule has 0 radical (unpaired) electrons. The van der Waals surface area contributed by atoms with Gasteiger partial charge in [-0.25, -0.2) is 0 Å². The number of nitrogens with zero attached hydrogens (tertiary/aromatic N) is 2. The minimum atomic E-state index is -0.233. The minimum Gasteiger partial charge on any atom is -0.366 e. The topological polar surface area (TPSA) is 52.6 Å². The van der Waals surface area contributed by atoms with Crippen LogP contribution in [0.3, 0.4) is 0 Å². The number of hydrogen-bond donors (Lipinski definition) is 1. The molecule has 0 spiro atoms. The first-order valence-electron chi connectivity index (χ1n) is 8.57. The summed E-state index contributed by atoms with van der Waals surface area (Å²) < 4.78 is 0. The molecule has 0 aromatic heterocycles. The van der Waals surface area contributed by atoms with Gasteiger partial charge in [-0.05, 0) is 38.1 Å². The quantitative estimate of drug-likeness (QED) is 0.933. The van der Waals surface area contributed by atoms with E-state index in [4.69, 9.17) is 0 Å². The van der Waals surface area contributed by atoms with Crippen molar-refractivity contribution in [2.24, 2.45) is 0 Å². The van der Waals surface area contributed by atoms with Crippen LogP contribution in [0.15, 0.2) is 54.6 Å². The molecule has 130 valence electrons. The third kappa shape index (κ3) is 3.65. The van der Waals surface area contributed by atoms with E-state index in [1.165, 1.54) is 0 Å². The lowest BCUT2D eigenvalue weighted by Crippen LogP contribution is -2.49. The van der Waals surface area contributed by atoms with Gasteiger partial charge in [0.1, 0.15) is 0 Å². The summed E-state index contributed by atoms with van der Waals surface area (Å²) in [5.41, 5.74) is 2.52. The molecule has 2 amide bonds. The average molecular weight is 337 g/mol. The van der Waals surface area contributed by atoms with E-state index in [2.05, 4.69) is 24.1 Å². The number of para-hydroxylation sites is 2. The first-order chi connectivity index (χ1) is 12.1. The predicted octanol–water partition coefficient (Wildman–Crippen LogP) is 2.68. The van der Waals surface area contributed by atoms with Crippen LogP contribution in [-0.4, -0.2) is 37.5 Å². The van der Waals surface area contributed by atoms with Gasteiger partial charge < -0.3 is 15.1 Å². The van der Waals surface area contributed by atoms with Crippen molar-refractivity contribution in [2.75, 3.05) is 29.4 Å². The molecule has 0 saturated heterocycles. The molecule has 0 unspecified atom stereocenters.